The lowest BCUT2D eigenvalue weighted by Gasteiger charge is -2.27. The second-order valence-corrected chi connectivity index (χ2v) is 5.11. The summed E-state index contributed by atoms with van der Waals surface area (Å²) in [6.07, 6.45) is 2.15. The molecule has 1 fully saturated rings. The molecule has 0 aliphatic heterocycles. The average molecular weight is 283 g/mol. The van der Waals surface area contributed by atoms with Crippen LogP contribution in [0.2, 0.25) is 0 Å². The van der Waals surface area contributed by atoms with Gasteiger partial charge >= 0.3 is 0 Å². The molecule has 0 unspecified atom stereocenters. The fraction of sp³-hybridized carbons (Fsp3) is 0.500. The Balaban J connectivity index is 2.00. The van der Waals surface area contributed by atoms with Gasteiger partial charge < -0.3 is 10.9 Å². The summed E-state index contributed by atoms with van der Waals surface area (Å²) in [7, 11) is 0. The van der Waals surface area contributed by atoms with Crippen molar-refractivity contribution in [1.82, 2.24) is 4.90 Å². The molecule has 0 atom stereocenters. The minimum atomic E-state index is -2.89. The van der Waals surface area contributed by atoms with E-state index in [4.69, 9.17) is 10.9 Å². The predicted molar refractivity (Wildman–Crippen MR) is 73.0 cm³/mol. The number of nitrogens with two attached hydrogens (primary N) is 1. The van der Waals surface area contributed by atoms with Crippen LogP contribution in [0.4, 0.5) is 8.78 Å². The van der Waals surface area contributed by atoms with E-state index < -0.39 is 5.92 Å². The third-order valence-corrected chi connectivity index (χ3v) is 3.44. The molecule has 1 aliphatic rings. The summed E-state index contributed by atoms with van der Waals surface area (Å²) in [4.78, 5) is 1.73. The Morgan fingerprint density at radius 3 is 2.55 bits per heavy atom. The molecule has 0 bridgehead atoms. The zero-order valence-electron chi connectivity index (χ0n) is 11.2. The van der Waals surface area contributed by atoms with Gasteiger partial charge in [-0.25, -0.2) is 0 Å². The normalized spacial score (nSPS) is 16.6. The van der Waals surface area contributed by atoms with Crippen molar-refractivity contribution in [1.29, 1.82) is 0 Å². The highest BCUT2D eigenvalue weighted by atomic mass is 19.3. The van der Waals surface area contributed by atoms with Crippen LogP contribution < -0.4 is 5.73 Å². The monoisotopic (exact) mass is 283 g/mol. The summed E-state index contributed by atoms with van der Waals surface area (Å²) in [6.45, 7) is 0.0450. The summed E-state index contributed by atoms with van der Waals surface area (Å²) in [5.41, 5.74) is 5.43. The molecule has 1 aliphatic carbocycles. The first-order chi connectivity index (χ1) is 9.53. The molecule has 0 saturated heterocycles. The zero-order chi connectivity index (χ0) is 14.6. The van der Waals surface area contributed by atoms with Crippen LogP contribution in [0.25, 0.3) is 0 Å². The minimum Gasteiger partial charge on any atom is -0.409 e. The fourth-order valence-corrected chi connectivity index (χ4v) is 2.17. The van der Waals surface area contributed by atoms with Gasteiger partial charge in [0.15, 0.2) is 0 Å². The molecule has 0 heterocycles. The molecule has 1 aromatic rings. The van der Waals surface area contributed by atoms with Gasteiger partial charge in [-0.15, -0.1) is 0 Å². The standard InChI is InChI=1S/C14H19F2N3O/c15-14(16,11-4-2-1-3-5-11)10-19(12-6-7-12)9-8-13(17)18-20/h1-5,12,20H,6-10H2,(H2,17,18). The van der Waals surface area contributed by atoms with E-state index in [9.17, 15) is 8.78 Å². The van der Waals surface area contributed by atoms with Crippen molar-refractivity contribution in [2.24, 2.45) is 10.9 Å². The molecule has 0 amide bonds. The second-order valence-electron chi connectivity index (χ2n) is 5.11. The number of benzene rings is 1. The summed E-state index contributed by atoms with van der Waals surface area (Å²) in [6, 6.07) is 8.01. The summed E-state index contributed by atoms with van der Waals surface area (Å²) >= 11 is 0. The maximum atomic E-state index is 14.2. The van der Waals surface area contributed by atoms with Crippen LogP contribution in [0.15, 0.2) is 35.5 Å². The molecular weight excluding hydrogens is 264 g/mol. The molecule has 110 valence electrons. The lowest BCUT2D eigenvalue weighted by molar-refractivity contribution is -0.0395. The number of oxime groups is 1. The van der Waals surface area contributed by atoms with Gasteiger partial charge in [0, 0.05) is 24.6 Å². The Labute approximate surface area is 116 Å². The fourth-order valence-electron chi connectivity index (χ4n) is 2.17. The highest BCUT2D eigenvalue weighted by Crippen LogP contribution is 2.34. The quantitative estimate of drug-likeness (QED) is 0.349. The molecule has 0 radical (unpaired) electrons. The number of nitrogens with zero attached hydrogens (tertiary/aromatic N) is 2. The highest BCUT2D eigenvalue weighted by Gasteiger charge is 2.39. The summed E-state index contributed by atoms with van der Waals surface area (Å²) in [5.74, 6) is -2.83. The molecule has 1 saturated carbocycles. The molecule has 2 rings (SSSR count). The van der Waals surface area contributed by atoms with Gasteiger partial charge in [-0.1, -0.05) is 35.5 Å². The van der Waals surface area contributed by atoms with E-state index in [1.165, 1.54) is 12.1 Å². The van der Waals surface area contributed by atoms with Crippen molar-refractivity contribution < 1.29 is 14.0 Å². The van der Waals surface area contributed by atoms with Crippen LogP contribution in [-0.2, 0) is 5.92 Å². The third-order valence-electron chi connectivity index (χ3n) is 3.44. The Hall–Kier alpha value is -1.69. The van der Waals surface area contributed by atoms with Gasteiger partial charge in [-0.2, -0.15) is 8.78 Å². The molecule has 0 spiro atoms. The largest absolute Gasteiger partial charge is 0.409 e. The van der Waals surface area contributed by atoms with Crippen LogP contribution in [-0.4, -0.2) is 35.1 Å². The smallest absolute Gasteiger partial charge is 0.285 e. The van der Waals surface area contributed by atoms with E-state index in [1.54, 1.807) is 23.1 Å². The second kappa shape index (κ2) is 6.17. The Morgan fingerprint density at radius 2 is 2.00 bits per heavy atom. The van der Waals surface area contributed by atoms with Crippen LogP contribution in [0, 0.1) is 0 Å². The Morgan fingerprint density at radius 1 is 1.35 bits per heavy atom. The number of alkyl halides is 2. The van der Waals surface area contributed by atoms with Crippen molar-refractivity contribution >= 4 is 5.84 Å². The molecule has 1 aromatic carbocycles. The first-order valence-corrected chi connectivity index (χ1v) is 6.67. The van der Waals surface area contributed by atoms with Gasteiger partial charge in [0.1, 0.15) is 5.84 Å². The predicted octanol–water partition coefficient (Wildman–Crippen LogP) is 2.38. The minimum absolute atomic E-state index is 0.0226. The number of halogens is 2. The van der Waals surface area contributed by atoms with Crippen molar-refractivity contribution in [3.05, 3.63) is 35.9 Å². The third kappa shape index (κ3) is 3.90. The maximum absolute atomic E-state index is 14.2. The lowest BCUT2D eigenvalue weighted by atomic mass is 10.1. The van der Waals surface area contributed by atoms with Gasteiger partial charge in [0.2, 0.25) is 0 Å². The zero-order valence-corrected chi connectivity index (χ0v) is 11.2. The molecule has 4 nitrogen and oxygen atoms in total. The van der Waals surface area contributed by atoms with Crippen molar-refractivity contribution in [2.75, 3.05) is 13.1 Å². The Kier molecular flexibility index (Phi) is 4.54. The molecule has 20 heavy (non-hydrogen) atoms. The van der Waals surface area contributed by atoms with E-state index in [1.807, 2.05) is 0 Å². The highest BCUT2D eigenvalue weighted by molar-refractivity contribution is 5.79. The molecule has 3 N–H and O–H groups in total. The Bertz CT molecular complexity index is 461. The van der Waals surface area contributed by atoms with E-state index in [0.29, 0.717) is 6.54 Å². The topological polar surface area (TPSA) is 61.8 Å². The summed E-state index contributed by atoms with van der Waals surface area (Å²) < 4.78 is 28.5. The van der Waals surface area contributed by atoms with Crippen LogP contribution in [0.3, 0.4) is 0 Å². The van der Waals surface area contributed by atoms with Crippen LogP contribution >= 0.6 is 0 Å². The van der Waals surface area contributed by atoms with E-state index in [-0.39, 0.29) is 30.4 Å². The van der Waals surface area contributed by atoms with Crippen LogP contribution in [0.1, 0.15) is 24.8 Å². The molecule has 0 aromatic heterocycles. The summed E-state index contributed by atoms with van der Waals surface area (Å²) in [5, 5.41) is 11.4. The lowest BCUT2D eigenvalue weighted by Crippen LogP contribution is -2.38. The van der Waals surface area contributed by atoms with E-state index in [2.05, 4.69) is 5.16 Å². The number of rotatable bonds is 7. The van der Waals surface area contributed by atoms with E-state index in [0.717, 1.165) is 12.8 Å². The van der Waals surface area contributed by atoms with Crippen molar-refractivity contribution in [2.45, 2.75) is 31.2 Å². The number of hydrogen-bond donors (Lipinski definition) is 2. The van der Waals surface area contributed by atoms with Gasteiger partial charge in [-0.05, 0) is 12.8 Å². The molecular formula is C14H19F2N3O. The van der Waals surface area contributed by atoms with Gasteiger partial charge in [0.05, 0.1) is 6.54 Å². The van der Waals surface area contributed by atoms with E-state index >= 15 is 0 Å². The number of amidine groups is 1. The van der Waals surface area contributed by atoms with Crippen LogP contribution in [0.5, 0.6) is 0 Å². The van der Waals surface area contributed by atoms with Gasteiger partial charge in [-0.3, -0.25) is 4.90 Å². The first kappa shape index (κ1) is 14.7. The average Bonchev–Trinajstić information content (AvgIpc) is 3.28. The van der Waals surface area contributed by atoms with Crippen molar-refractivity contribution in [3.63, 3.8) is 0 Å². The van der Waals surface area contributed by atoms with Gasteiger partial charge in [0.25, 0.3) is 5.92 Å². The first-order valence-electron chi connectivity index (χ1n) is 6.67. The maximum Gasteiger partial charge on any atom is 0.285 e. The molecule has 6 heteroatoms. The van der Waals surface area contributed by atoms with Crippen molar-refractivity contribution in [3.8, 4) is 0 Å². The number of hydrogen-bond acceptors (Lipinski definition) is 3. The SMILES string of the molecule is N/C(CCN(CC(F)(F)c1ccccc1)C1CC1)=N/O.